The highest BCUT2D eigenvalue weighted by atomic mass is 32.2. The number of sulfonamides is 1. The van der Waals surface area contributed by atoms with Crippen molar-refractivity contribution in [1.29, 1.82) is 0 Å². The molecule has 3 heterocycles. The van der Waals surface area contributed by atoms with Gasteiger partial charge in [-0.2, -0.15) is 4.31 Å². The number of aromatic nitrogens is 4. The van der Waals surface area contributed by atoms with Gasteiger partial charge in [0, 0.05) is 32.2 Å². The largest absolute Gasteiger partial charge is 0.339 e. The minimum atomic E-state index is -3.60. The van der Waals surface area contributed by atoms with E-state index in [9.17, 15) is 8.42 Å². The Morgan fingerprint density at radius 1 is 1.24 bits per heavy atom. The topological polar surface area (TPSA) is 81.0 Å². The molecule has 0 bridgehead atoms. The SMILES string of the molecule is Cn1cnc(S(=O)(=O)N2CCCCC2c2cnccn2)c1. The fourth-order valence-corrected chi connectivity index (χ4v) is 4.25. The van der Waals surface area contributed by atoms with Crippen LogP contribution in [0.25, 0.3) is 0 Å². The Labute approximate surface area is 123 Å². The third-order valence-electron chi connectivity index (χ3n) is 3.63. The van der Waals surface area contributed by atoms with E-state index >= 15 is 0 Å². The number of nitrogens with zero attached hydrogens (tertiary/aromatic N) is 5. The van der Waals surface area contributed by atoms with Crippen LogP contribution in [0.2, 0.25) is 0 Å². The van der Waals surface area contributed by atoms with Gasteiger partial charge in [-0.25, -0.2) is 13.4 Å². The van der Waals surface area contributed by atoms with Gasteiger partial charge in [-0.05, 0) is 12.8 Å². The minimum absolute atomic E-state index is 0.0841. The maximum atomic E-state index is 12.8. The summed E-state index contributed by atoms with van der Waals surface area (Å²) in [5.74, 6) is 0. The number of hydrogen-bond acceptors (Lipinski definition) is 5. The van der Waals surface area contributed by atoms with Crippen molar-refractivity contribution in [3.63, 3.8) is 0 Å². The summed E-state index contributed by atoms with van der Waals surface area (Å²) in [4.78, 5) is 12.3. The Bertz CT molecular complexity index is 713. The molecule has 2 aromatic heterocycles. The van der Waals surface area contributed by atoms with Crippen LogP contribution < -0.4 is 0 Å². The van der Waals surface area contributed by atoms with Crippen LogP contribution in [-0.2, 0) is 17.1 Å². The molecule has 0 radical (unpaired) electrons. The van der Waals surface area contributed by atoms with Crippen LogP contribution in [0.4, 0.5) is 0 Å². The van der Waals surface area contributed by atoms with Crippen molar-refractivity contribution in [1.82, 2.24) is 23.8 Å². The molecule has 0 amide bonds. The van der Waals surface area contributed by atoms with E-state index in [1.165, 1.54) is 16.8 Å². The van der Waals surface area contributed by atoms with Crippen molar-refractivity contribution < 1.29 is 8.42 Å². The van der Waals surface area contributed by atoms with E-state index in [4.69, 9.17) is 0 Å². The molecule has 8 heteroatoms. The van der Waals surface area contributed by atoms with E-state index in [1.807, 2.05) is 0 Å². The molecule has 0 spiro atoms. The van der Waals surface area contributed by atoms with Gasteiger partial charge >= 0.3 is 0 Å². The number of rotatable bonds is 3. The summed E-state index contributed by atoms with van der Waals surface area (Å²) in [5.41, 5.74) is 0.691. The van der Waals surface area contributed by atoms with Gasteiger partial charge in [0.2, 0.25) is 0 Å². The lowest BCUT2D eigenvalue weighted by Crippen LogP contribution is -2.39. The highest BCUT2D eigenvalue weighted by Gasteiger charge is 2.36. The highest BCUT2D eigenvalue weighted by Crippen LogP contribution is 2.33. The average Bonchev–Trinajstić information content (AvgIpc) is 2.95. The van der Waals surface area contributed by atoms with E-state index in [1.54, 1.807) is 30.2 Å². The van der Waals surface area contributed by atoms with E-state index in [-0.39, 0.29) is 11.1 Å². The van der Waals surface area contributed by atoms with Crippen molar-refractivity contribution in [3.8, 4) is 0 Å². The lowest BCUT2D eigenvalue weighted by Gasteiger charge is -2.33. The van der Waals surface area contributed by atoms with Crippen LogP contribution >= 0.6 is 0 Å². The second-order valence-electron chi connectivity index (χ2n) is 5.13. The van der Waals surface area contributed by atoms with Gasteiger partial charge in [0.25, 0.3) is 10.0 Å². The smallest absolute Gasteiger partial charge is 0.262 e. The third-order valence-corrected chi connectivity index (χ3v) is 5.43. The fourth-order valence-electron chi connectivity index (χ4n) is 2.61. The van der Waals surface area contributed by atoms with E-state index in [2.05, 4.69) is 15.0 Å². The third kappa shape index (κ3) is 2.68. The lowest BCUT2D eigenvalue weighted by molar-refractivity contribution is 0.250. The van der Waals surface area contributed by atoms with Crippen LogP contribution in [0, 0.1) is 0 Å². The molecule has 7 nitrogen and oxygen atoms in total. The van der Waals surface area contributed by atoms with Crippen molar-refractivity contribution in [2.45, 2.75) is 30.3 Å². The summed E-state index contributed by atoms with van der Waals surface area (Å²) in [6.45, 7) is 0.486. The number of hydrogen-bond donors (Lipinski definition) is 0. The van der Waals surface area contributed by atoms with E-state index in [0.717, 1.165) is 19.3 Å². The van der Waals surface area contributed by atoms with Crippen molar-refractivity contribution in [2.75, 3.05) is 6.54 Å². The first-order valence-corrected chi connectivity index (χ1v) is 8.29. The molecule has 112 valence electrons. The van der Waals surface area contributed by atoms with Gasteiger partial charge in [-0.3, -0.25) is 9.97 Å². The van der Waals surface area contributed by atoms with Gasteiger partial charge in [-0.1, -0.05) is 6.42 Å². The predicted molar refractivity (Wildman–Crippen MR) is 75.7 cm³/mol. The molecule has 0 saturated carbocycles. The normalized spacial score (nSPS) is 20.5. The van der Waals surface area contributed by atoms with Gasteiger partial charge in [0.15, 0.2) is 5.03 Å². The van der Waals surface area contributed by atoms with Crippen LogP contribution in [-0.4, -0.2) is 38.8 Å². The van der Waals surface area contributed by atoms with Gasteiger partial charge in [-0.15, -0.1) is 0 Å². The van der Waals surface area contributed by atoms with Crippen molar-refractivity contribution >= 4 is 10.0 Å². The molecule has 2 aromatic rings. The van der Waals surface area contributed by atoms with Gasteiger partial charge < -0.3 is 4.57 Å². The first kappa shape index (κ1) is 14.2. The molecule has 1 atom stereocenters. The molecular weight excluding hydrogens is 290 g/mol. The van der Waals surface area contributed by atoms with Crippen LogP contribution in [0.3, 0.4) is 0 Å². The zero-order valence-electron chi connectivity index (χ0n) is 11.8. The molecule has 0 aliphatic carbocycles. The molecule has 0 N–H and O–H groups in total. The summed E-state index contributed by atoms with van der Waals surface area (Å²) < 4.78 is 28.7. The Morgan fingerprint density at radius 3 is 2.76 bits per heavy atom. The number of imidazole rings is 1. The quantitative estimate of drug-likeness (QED) is 0.849. The average molecular weight is 307 g/mol. The summed E-state index contributed by atoms with van der Waals surface area (Å²) in [6.07, 6.45) is 10.4. The lowest BCUT2D eigenvalue weighted by atomic mass is 10.0. The Morgan fingerprint density at radius 2 is 2.10 bits per heavy atom. The van der Waals surface area contributed by atoms with Crippen LogP contribution in [0.5, 0.6) is 0 Å². The minimum Gasteiger partial charge on any atom is -0.339 e. The molecule has 1 unspecified atom stereocenters. The Kier molecular flexibility index (Phi) is 3.73. The molecule has 1 fully saturated rings. The van der Waals surface area contributed by atoms with Crippen LogP contribution in [0.1, 0.15) is 31.0 Å². The molecule has 1 aliphatic heterocycles. The zero-order valence-corrected chi connectivity index (χ0v) is 12.6. The van der Waals surface area contributed by atoms with E-state index in [0.29, 0.717) is 12.2 Å². The summed E-state index contributed by atoms with van der Waals surface area (Å²) >= 11 is 0. The monoisotopic (exact) mass is 307 g/mol. The van der Waals surface area contributed by atoms with Crippen molar-refractivity contribution in [2.24, 2.45) is 7.05 Å². The number of aryl methyl sites for hydroxylation is 1. The molecule has 21 heavy (non-hydrogen) atoms. The van der Waals surface area contributed by atoms with Crippen molar-refractivity contribution in [3.05, 3.63) is 36.8 Å². The fraction of sp³-hybridized carbons (Fsp3) is 0.462. The molecule has 1 aliphatic rings. The van der Waals surface area contributed by atoms with Gasteiger partial charge in [0.05, 0.1) is 24.3 Å². The van der Waals surface area contributed by atoms with Gasteiger partial charge in [0.1, 0.15) is 0 Å². The molecule has 0 aromatic carbocycles. The predicted octanol–water partition coefficient (Wildman–Crippen LogP) is 1.13. The highest BCUT2D eigenvalue weighted by molar-refractivity contribution is 7.89. The Hall–Kier alpha value is -1.80. The molecular formula is C13H17N5O2S. The van der Waals surface area contributed by atoms with E-state index < -0.39 is 10.0 Å². The second-order valence-corrected chi connectivity index (χ2v) is 6.97. The first-order chi connectivity index (χ1) is 10.1. The summed E-state index contributed by atoms with van der Waals surface area (Å²) in [6, 6.07) is -0.264. The molecule has 3 rings (SSSR count). The zero-order chi connectivity index (χ0) is 14.9. The summed E-state index contributed by atoms with van der Waals surface area (Å²) in [7, 11) is -1.85. The maximum absolute atomic E-state index is 12.8. The standard InChI is InChI=1S/C13H17N5O2S/c1-17-9-13(16-10-17)21(19,20)18-7-3-2-4-12(18)11-8-14-5-6-15-11/h5-6,8-10,12H,2-4,7H2,1H3. The summed E-state index contributed by atoms with van der Waals surface area (Å²) in [5, 5.41) is 0.0841. The molecule has 1 saturated heterocycles. The first-order valence-electron chi connectivity index (χ1n) is 6.85. The van der Waals surface area contributed by atoms with Crippen LogP contribution in [0.15, 0.2) is 36.1 Å². The maximum Gasteiger partial charge on any atom is 0.262 e. The second kappa shape index (κ2) is 5.53. The Balaban J connectivity index is 1.98. The number of piperidine rings is 1.